The van der Waals surface area contributed by atoms with Gasteiger partial charge in [0.1, 0.15) is 0 Å². The highest BCUT2D eigenvalue weighted by Crippen LogP contribution is 2.14. The van der Waals surface area contributed by atoms with Crippen LogP contribution in [0.5, 0.6) is 0 Å². The molecule has 1 fully saturated rings. The normalized spacial score (nSPS) is 18.6. The fourth-order valence-electron chi connectivity index (χ4n) is 1.17. The van der Waals surface area contributed by atoms with E-state index in [2.05, 4.69) is 0 Å². The van der Waals surface area contributed by atoms with Crippen LogP contribution in [0.15, 0.2) is 0 Å². The van der Waals surface area contributed by atoms with Crippen molar-refractivity contribution in [2.45, 2.75) is 6.42 Å². The Kier molecular flexibility index (Phi) is 3.01. The van der Waals surface area contributed by atoms with Gasteiger partial charge < -0.3 is 0 Å². The van der Waals surface area contributed by atoms with Crippen molar-refractivity contribution in [3.05, 3.63) is 0 Å². The lowest BCUT2D eigenvalue weighted by molar-refractivity contribution is 0.169. The molecule has 3 amide bonds. The van der Waals surface area contributed by atoms with E-state index >= 15 is 0 Å². The molecule has 1 rings (SSSR count). The number of hydrogen-bond donors (Lipinski definition) is 0. The van der Waals surface area contributed by atoms with Crippen LogP contribution >= 0.6 is 11.6 Å². The number of rotatable bonds is 1. The Hall–Kier alpha value is -0.820. The zero-order valence-corrected chi connectivity index (χ0v) is 9.01. The summed E-state index contributed by atoms with van der Waals surface area (Å²) >= 11 is 5.11. The van der Waals surface area contributed by atoms with Gasteiger partial charge in [-0.2, -0.15) is 0 Å². The van der Waals surface area contributed by atoms with Gasteiger partial charge in [-0.3, -0.25) is 4.79 Å². The molecule has 0 N–H and O–H groups in total. The van der Waals surface area contributed by atoms with Crippen LogP contribution in [-0.4, -0.2) is 48.4 Å². The molecule has 0 aromatic carbocycles. The van der Waals surface area contributed by atoms with Crippen molar-refractivity contribution >= 4 is 33.0 Å². The lowest BCUT2D eigenvalue weighted by atomic mass is 10.3. The van der Waals surface area contributed by atoms with Crippen LogP contribution in [0.1, 0.15) is 6.42 Å². The molecule has 0 saturated carbocycles. The summed E-state index contributed by atoms with van der Waals surface area (Å²) < 4.78 is 22.8. The van der Waals surface area contributed by atoms with Crippen molar-refractivity contribution in [1.29, 1.82) is 0 Å². The van der Waals surface area contributed by atoms with E-state index < -0.39 is 21.4 Å². The molecule has 0 bridgehead atoms. The SMILES string of the molecule is CS(=O)(=O)N1CCCN(C(=O)Cl)C1=O. The molecule has 1 aliphatic rings. The first-order chi connectivity index (χ1) is 6.34. The van der Waals surface area contributed by atoms with E-state index in [4.69, 9.17) is 11.6 Å². The van der Waals surface area contributed by atoms with Gasteiger partial charge in [-0.1, -0.05) is 0 Å². The number of nitrogens with zero attached hydrogens (tertiary/aromatic N) is 2. The van der Waals surface area contributed by atoms with Gasteiger partial charge in [0.25, 0.3) is 0 Å². The van der Waals surface area contributed by atoms with Gasteiger partial charge in [-0.15, -0.1) is 0 Å². The highest BCUT2D eigenvalue weighted by atomic mass is 35.5. The minimum Gasteiger partial charge on any atom is -0.255 e. The van der Waals surface area contributed by atoms with Crippen LogP contribution in [0.2, 0.25) is 0 Å². The Labute approximate surface area is 86.5 Å². The number of urea groups is 1. The number of amides is 3. The Bertz CT molecular complexity index is 366. The number of hydrogen-bond acceptors (Lipinski definition) is 4. The summed E-state index contributed by atoms with van der Waals surface area (Å²) in [5.41, 5.74) is 0. The van der Waals surface area contributed by atoms with E-state index in [9.17, 15) is 18.0 Å². The van der Waals surface area contributed by atoms with Crippen LogP contribution < -0.4 is 0 Å². The molecule has 1 aliphatic heterocycles. The van der Waals surface area contributed by atoms with Gasteiger partial charge in [-0.25, -0.2) is 22.4 Å². The minimum absolute atomic E-state index is 0.0956. The maximum Gasteiger partial charge on any atom is 0.341 e. The monoisotopic (exact) mass is 240 g/mol. The smallest absolute Gasteiger partial charge is 0.255 e. The lowest BCUT2D eigenvalue weighted by Gasteiger charge is -2.31. The second-order valence-electron chi connectivity index (χ2n) is 2.88. The van der Waals surface area contributed by atoms with Gasteiger partial charge in [-0.05, 0) is 18.0 Å². The molecule has 1 saturated heterocycles. The van der Waals surface area contributed by atoms with Gasteiger partial charge in [0.2, 0.25) is 10.0 Å². The maximum absolute atomic E-state index is 11.4. The fourth-order valence-corrected chi connectivity index (χ4v) is 2.17. The highest BCUT2D eigenvalue weighted by molar-refractivity contribution is 7.88. The number of carbonyl (C=O) groups is 2. The van der Waals surface area contributed by atoms with E-state index in [1.807, 2.05) is 0 Å². The van der Waals surface area contributed by atoms with Crippen molar-refractivity contribution in [3.63, 3.8) is 0 Å². The first-order valence-corrected chi connectivity index (χ1v) is 6.05. The molecule has 0 unspecified atom stereocenters. The molecule has 0 radical (unpaired) electrons. The molecular weight excluding hydrogens is 232 g/mol. The summed E-state index contributed by atoms with van der Waals surface area (Å²) in [6.07, 6.45) is 1.31. The third-order valence-corrected chi connectivity index (χ3v) is 3.14. The Morgan fingerprint density at radius 3 is 2.43 bits per heavy atom. The summed E-state index contributed by atoms with van der Waals surface area (Å²) in [4.78, 5) is 22.8. The van der Waals surface area contributed by atoms with Crippen molar-refractivity contribution < 1.29 is 18.0 Å². The molecule has 8 heteroatoms. The standard InChI is InChI=1S/C6H9ClN2O4S/c1-14(12,13)9-4-2-3-8(5(7)10)6(9)11/h2-4H2,1H3. The average Bonchev–Trinajstić information content (AvgIpc) is 2.01. The number of halogens is 1. The molecule has 80 valence electrons. The van der Waals surface area contributed by atoms with Crippen molar-refractivity contribution in [2.24, 2.45) is 0 Å². The first-order valence-electron chi connectivity index (χ1n) is 3.82. The van der Waals surface area contributed by atoms with Crippen molar-refractivity contribution in [1.82, 2.24) is 9.21 Å². The number of carbonyl (C=O) groups excluding carboxylic acids is 2. The van der Waals surface area contributed by atoms with E-state index in [0.717, 1.165) is 6.26 Å². The van der Waals surface area contributed by atoms with Crippen LogP contribution in [0.25, 0.3) is 0 Å². The predicted octanol–water partition coefficient (Wildman–Crippen LogP) is 0.433. The molecule has 6 nitrogen and oxygen atoms in total. The first kappa shape index (κ1) is 11.3. The van der Waals surface area contributed by atoms with Crippen molar-refractivity contribution in [3.8, 4) is 0 Å². The van der Waals surface area contributed by atoms with Crippen molar-refractivity contribution in [2.75, 3.05) is 19.3 Å². The third kappa shape index (κ3) is 2.16. The molecule has 0 aromatic rings. The second-order valence-corrected chi connectivity index (χ2v) is 5.11. The molecule has 0 atom stereocenters. The summed E-state index contributed by atoms with van der Waals surface area (Å²) in [7, 11) is -3.61. The van der Waals surface area contributed by atoms with Gasteiger partial charge >= 0.3 is 11.4 Å². The number of sulfonamides is 1. The number of imide groups is 1. The summed E-state index contributed by atoms with van der Waals surface area (Å²) in [6, 6.07) is -0.876. The quantitative estimate of drug-likeness (QED) is 0.492. The Balaban J connectivity index is 2.93. The van der Waals surface area contributed by atoms with Gasteiger partial charge in [0.05, 0.1) is 6.26 Å². The summed E-state index contributed by atoms with van der Waals surface area (Å²) in [6.45, 7) is 0.255. The van der Waals surface area contributed by atoms with Crippen LogP contribution in [0.4, 0.5) is 9.59 Å². The highest BCUT2D eigenvalue weighted by Gasteiger charge is 2.34. The largest absolute Gasteiger partial charge is 0.341 e. The zero-order valence-electron chi connectivity index (χ0n) is 7.43. The fraction of sp³-hybridized carbons (Fsp3) is 0.667. The Morgan fingerprint density at radius 1 is 1.43 bits per heavy atom. The predicted molar refractivity (Wildman–Crippen MR) is 49.5 cm³/mol. The topological polar surface area (TPSA) is 74.8 Å². The average molecular weight is 241 g/mol. The van der Waals surface area contributed by atoms with Crippen LogP contribution in [0, 0.1) is 0 Å². The minimum atomic E-state index is -3.61. The van der Waals surface area contributed by atoms with E-state index in [0.29, 0.717) is 15.6 Å². The maximum atomic E-state index is 11.4. The molecule has 14 heavy (non-hydrogen) atoms. The zero-order chi connectivity index (χ0) is 10.9. The van der Waals surface area contributed by atoms with Gasteiger partial charge in [0, 0.05) is 13.1 Å². The molecule has 1 heterocycles. The molecule has 0 aliphatic carbocycles. The van der Waals surface area contributed by atoms with Gasteiger partial charge in [0.15, 0.2) is 0 Å². The van der Waals surface area contributed by atoms with E-state index in [1.165, 1.54) is 0 Å². The second kappa shape index (κ2) is 3.74. The molecule has 0 spiro atoms. The van der Waals surface area contributed by atoms with Crippen LogP contribution in [0.3, 0.4) is 0 Å². The summed E-state index contributed by atoms with van der Waals surface area (Å²) in [5, 5.41) is -0.955. The lowest BCUT2D eigenvalue weighted by Crippen LogP contribution is -2.52. The van der Waals surface area contributed by atoms with Crippen LogP contribution in [-0.2, 0) is 10.0 Å². The molecule has 0 aromatic heterocycles. The third-order valence-electron chi connectivity index (χ3n) is 1.80. The van der Waals surface area contributed by atoms with E-state index in [1.54, 1.807) is 0 Å². The van der Waals surface area contributed by atoms with E-state index in [-0.39, 0.29) is 13.1 Å². The molecular formula is C6H9ClN2O4S. The Morgan fingerprint density at radius 2 is 2.00 bits per heavy atom. The summed E-state index contributed by atoms with van der Waals surface area (Å²) in [5.74, 6) is 0.